The zero-order chi connectivity index (χ0) is 23.4. The van der Waals surface area contributed by atoms with Gasteiger partial charge in [-0.2, -0.15) is 10.5 Å². The van der Waals surface area contributed by atoms with Gasteiger partial charge >= 0.3 is 0 Å². The molecule has 0 bridgehead atoms. The summed E-state index contributed by atoms with van der Waals surface area (Å²) in [5, 5.41) is 32.2. The second-order valence-corrected chi connectivity index (χ2v) is 8.13. The number of nitrogens with zero attached hydrogens (tertiary/aromatic N) is 5. The summed E-state index contributed by atoms with van der Waals surface area (Å²) in [5.41, 5.74) is 2.29. The Kier molecular flexibility index (Phi) is 6.41. The second-order valence-electron chi connectivity index (χ2n) is 7.24. The molecule has 1 fully saturated rings. The highest BCUT2D eigenvalue weighted by Gasteiger charge is 2.30. The zero-order valence-corrected chi connectivity index (χ0v) is 18.1. The van der Waals surface area contributed by atoms with E-state index in [0.29, 0.717) is 48.3 Å². The predicted octanol–water partition coefficient (Wildman–Crippen LogP) is 3.92. The molecule has 4 rings (SSSR count). The number of rotatable bonds is 6. The maximum absolute atomic E-state index is 13.5. The number of nitro benzene ring substituents is 1. The minimum Gasteiger partial charge on any atom is -0.378 e. The molecule has 1 atom stereocenters. The van der Waals surface area contributed by atoms with E-state index in [1.54, 1.807) is 35.7 Å². The monoisotopic (exact) mass is 459 g/mol. The van der Waals surface area contributed by atoms with Crippen molar-refractivity contribution in [1.82, 2.24) is 4.98 Å². The summed E-state index contributed by atoms with van der Waals surface area (Å²) in [5.74, 6) is -1.74. The van der Waals surface area contributed by atoms with Crippen LogP contribution in [0.2, 0.25) is 0 Å². The zero-order valence-electron chi connectivity index (χ0n) is 17.3. The average Bonchev–Trinajstić information content (AvgIpc) is 3.34. The molecule has 0 amide bonds. The van der Waals surface area contributed by atoms with Crippen LogP contribution in [-0.2, 0) is 4.74 Å². The van der Waals surface area contributed by atoms with Gasteiger partial charge in [0.1, 0.15) is 5.01 Å². The Bertz CT molecular complexity index is 1280. The first kappa shape index (κ1) is 22.1. The van der Waals surface area contributed by atoms with Gasteiger partial charge in [0.25, 0.3) is 5.69 Å². The number of morpholine rings is 1. The highest BCUT2D eigenvalue weighted by molar-refractivity contribution is 7.10. The van der Waals surface area contributed by atoms with E-state index in [1.807, 2.05) is 11.0 Å². The fourth-order valence-corrected chi connectivity index (χ4v) is 4.43. The Morgan fingerprint density at radius 1 is 1.18 bits per heavy atom. The van der Waals surface area contributed by atoms with Crippen molar-refractivity contribution < 1.29 is 14.5 Å². The molecule has 9 nitrogen and oxygen atoms in total. The Hall–Kier alpha value is -4.12. The van der Waals surface area contributed by atoms with Crippen molar-refractivity contribution in [3.05, 3.63) is 74.1 Å². The molecule has 0 saturated carbocycles. The largest absolute Gasteiger partial charge is 0.378 e. The van der Waals surface area contributed by atoms with Crippen LogP contribution in [0.3, 0.4) is 0 Å². The first-order valence-electron chi connectivity index (χ1n) is 10.0. The lowest BCUT2D eigenvalue weighted by Crippen LogP contribution is -2.37. The molecule has 0 spiro atoms. The topological polar surface area (TPSA) is 133 Å². The van der Waals surface area contributed by atoms with Gasteiger partial charge in [-0.05, 0) is 18.2 Å². The Balaban J connectivity index is 1.69. The lowest BCUT2D eigenvalue weighted by Gasteiger charge is -2.30. The number of ketones is 1. The number of non-ortho nitro benzene ring substituents is 1. The van der Waals surface area contributed by atoms with Gasteiger partial charge in [0.15, 0.2) is 11.7 Å². The van der Waals surface area contributed by atoms with Gasteiger partial charge in [0.2, 0.25) is 0 Å². The highest BCUT2D eigenvalue weighted by Crippen LogP contribution is 2.33. The number of thiazole rings is 1. The Labute approximate surface area is 193 Å². The third-order valence-corrected chi connectivity index (χ3v) is 6.19. The number of carbonyl (C=O) groups excluding carboxylic acids is 1. The molecule has 0 aliphatic carbocycles. The summed E-state index contributed by atoms with van der Waals surface area (Å²) < 4.78 is 5.37. The minimum absolute atomic E-state index is 0.118. The molecule has 1 saturated heterocycles. The maximum atomic E-state index is 13.5. The van der Waals surface area contributed by atoms with Crippen molar-refractivity contribution in [3.8, 4) is 23.4 Å². The van der Waals surface area contributed by atoms with E-state index in [9.17, 15) is 20.2 Å². The summed E-state index contributed by atoms with van der Waals surface area (Å²) in [4.78, 5) is 30.7. The van der Waals surface area contributed by atoms with Gasteiger partial charge in [-0.15, -0.1) is 11.3 Å². The fourth-order valence-electron chi connectivity index (χ4n) is 3.56. The molecule has 33 heavy (non-hydrogen) atoms. The van der Waals surface area contributed by atoms with E-state index in [0.717, 1.165) is 5.56 Å². The molecule has 0 radical (unpaired) electrons. The van der Waals surface area contributed by atoms with E-state index in [1.165, 1.54) is 23.5 Å². The van der Waals surface area contributed by atoms with Crippen LogP contribution in [0.4, 0.5) is 11.4 Å². The van der Waals surface area contributed by atoms with Crippen LogP contribution in [0.1, 0.15) is 26.8 Å². The normalized spacial score (nSPS) is 14.2. The van der Waals surface area contributed by atoms with Crippen molar-refractivity contribution in [2.45, 2.75) is 5.92 Å². The third kappa shape index (κ3) is 4.58. The van der Waals surface area contributed by atoms with Crippen LogP contribution in [0, 0.1) is 32.8 Å². The first-order valence-corrected chi connectivity index (χ1v) is 10.9. The molecule has 1 aliphatic rings. The first-order chi connectivity index (χ1) is 16.0. The van der Waals surface area contributed by atoms with Gasteiger partial charge in [-0.1, -0.05) is 12.1 Å². The van der Waals surface area contributed by atoms with Crippen molar-refractivity contribution >= 4 is 28.5 Å². The van der Waals surface area contributed by atoms with Gasteiger partial charge < -0.3 is 9.64 Å². The van der Waals surface area contributed by atoms with Crippen molar-refractivity contribution in [3.63, 3.8) is 0 Å². The van der Waals surface area contributed by atoms with E-state index >= 15 is 0 Å². The molecule has 0 N–H and O–H groups in total. The number of aromatic nitrogens is 1. The van der Waals surface area contributed by atoms with Crippen molar-refractivity contribution in [2.75, 3.05) is 31.2 Å². The van der Waals surface area contributed by atoms with Crippen LogP contribution in [0.25, 0.3) is 11.3 Å². The number of ether oxygens (including phenoxy) is 1. The number of benzene rings is 2. The van der Waals surface area contributed by atoms with E-state index in [-0.39, 0.29) is 11.3 Å². The number of nitro groups is 1. The highest BCUT2D eigenvalue weighted by atomic mass is 32.1. The van der Waals surface area contributed by atoms with E-state index in [2.05, 4.69) is 11.1 Å². The van der Waals surface area contributed by atoms with Gasteiger partial charge in [-0.3, -0.25) is 14.9 Å². The smallest absolute Gasteiger partial charge is 0.270 e. The van der Waals surface area contributed by atoms with Crippen LogP contribution >= 0.6 is 11.3 Å². The predicted molar refractivity (Wildman–Crippen MR) is 121 cm³/mol. The number of anilines is 1. The summed E-state index contributed by atoms with van der Waals surface area (Å²) in [6.07, 6.45) is 0. The molecule has 1 aromatic heterocycles. The molecular formula is C23H17N5O4S. The molecule has 1 aliphatic heterocycles. The number of hydrogen-bond donors (Lipinski definition) is 0. The summed E-state index contributed by atoms with van der Waals surface area (Å²) in [7, 11) is 0. The standard InChI is InChI=1S/C23H17N5O4S/c24-12-15-1-3-16(4-2-15)20-14-33-23(26-20)19(13-25)22(29)18-11-17(28(30)31)5-6-21(18)27-7-9-32-10-8-27/h1-6,11,14,19H,7-10H2. The number of hydrogen-bond acceptors (Lipinski definition) is 9. The van der Waals surface area contributed by atoms with Gasteiger partial charge in [0.05, 0.1) is 41.5 Å². The van der Waals surface area contributed by atoms with Crippen molar-refractivity contribution in [1.29, 1.82) is 10.5 Å². The van der Waals surface area contributed by atoms with Gasteiger partial charge in [0, 0.05) is 47.4 Å². The Morgan fingerprint density at radius 2 is 1.91 bits per heavy atom. The lowest BCUT2D eigenvalue weighted by molar-refractivity contribution is -0.384. The molecule has 3 aromatic rings. The molecule has 1 unspecified atom stereocenters. The quantitative estimate of drug-likeness (QED) is 0.308. The van der Waals surface area contributed by atoms with E-state index in [4.69, 9.17) is 10.00 Å². The minimum atomic E-state index is -1.20. The summed E-state index contributed by atoms with van der Waals surface area (Å²) >= 11 is 1.18. The molecule has 164 valence electrons. The number of Topliss-reactive ketones (excluding diaryl/α,β-unsaturated/α-hetero) is 1. The second kappa shape index (κ2) is 9.57. The molecule has 2 aromatic carbocycles. The maximum Gasteiger partial charge on any atom is 0.270 e. The molecule has 2 heterocycles. The van der Waals surface area contributed by atoms with Crippen molar-refractivity contribution in [2.24, 2.45) is 0 Å². The van der Waals surface area contributed by atoms with Crippen LogP contribution in [0.15, 0.2) is 47.8 Å². The molecular weight excluding hydrogens is 442 g/mol. The van der Waals surface area contributed by atoms with Crippen LogP contribution < -0.4 is 4.90 Å². The lowest BCUT2D eigenvalue weighted by atomic mass is 9.96. The SMILES string of the molecule is N#Cc1ccc(-c2csc(C(C#N)C(=O)c3cc([N+](=O)[O-])ccc3N3CCOCC3)n2)cc1. The van der Waals surface area contributed by atoms with Gasteiger partial charge in [-0.25, -0.2) is 4.98 Å². The number of nitriles is 2. The average molecular weight is 459 g/mol. The van der Waals surface area contributed by atoms with E-state index < -0.39 is 16.6 Å². The molecule has 10 heteroatoms. The Morgan fingerprint density at radius 3 is 2.55 bits per heavy atom. The number of carbonyl (C=O) groups is 1. The third-order valence-electron chi connectivity index (χ3n) is 5.28. The van der Waals surface area contributed by atoms with Crippen LogP contribution in [-0.4, -0.2) is 42.0 Å². The fraction of sp³-hybridized carbons (Fsp3) is 0.217. The summed E-state index contributed by atoms with van der Waals surface area (Å²) in [6.45, 7) is 2.03. The summed E-state index contributed by atoms with van der Waals surface area (Å²) in [6, 6.07) is 15.0. The van der Waals surface area contributed by atoms with Crippen LogP contribution in [0.5, 0.6) is 0 Å².